The molecule has 0 heterocycles. The molecule has 0 aliphatic rings. The van der Waals surface area contributed by atoms with Crippen molar-refractivity contribution in [2.24, 2.45) is 0 Å². The van der Waals surface area contributed by atoms with Crippen LogP contribution in [0.4, 0.5) is 11.4 Å². The number of anilines is 2. The third kappa shape index (κ3) is 4.14. The van der Waals surface area contributed by atoms with Crippen molar-refractivity contribution in [1.29, 1.82) is 0 Å². The number of ether oxygens (including phenoxy) is 1. The first kappa shape index (κ1) is 15.9. The van der Waals surface area contributed by atoms with E-state index in [0.29, 0.717) is 30.3 Å². The van der Waals surface area contributed by atoms with Gasteiger partial charge in [0.25, 0.3) is 0 Å². The van der Waals surface area contributed by atoms with Crippen molar-refractivity contribution >= 4 is 19.7 Å². The SMILES string of the molecule is CC(C)(C)[Si](C)(C)OCCOc1cccc(N)c1N. The average Bonchev–Trinajstić information content (AvgIpc) is 2.28. The van der Waals surface area contributed by atoms with Gasteiger partial charge in [-0.25, -0.2) is 0 Å². The number of para-hydroxylation sites is 1. The molecule has 1 rings (SSSR count). The molecule has 108 valence electrons. The molecule has 0 saturated carbocycles. The molecular formula is C14H26N2O2Si. The minimum Gasteiger partial charge on any atom is -0.489 e. The van der Waals surface area contributed by atoms with Gasteiger partial charge in [0.15, 0.2) is 8.32 Å². The van der Waals surface area contributed by atoms with Crippen LogP contribution in [0.1, 0.15) is 20.8 Å². The Balaban J connectivity index is 2.46. The summed E-state index contributed by atoms with van der Waals surface area (Å²) in [5.74, 6) is 0.624. The summed E-state index contributed by atoms with van der Waals surface area (Å²) in [5.41, 5.74) is 12.6. The molecule has 4 N–H and O–H groups in total. The van der Waals surface area contributed by atoms with Crippen molar-refractivity contribution in [3.63, 3.8) is 0 Å². The molecule has 0 atom stereocenters. The lowest BCUT2D eigenvalue weighted by Crippen LogP contribution is -2.41. The van der Waals surface area contributed by atoms with Crippen molar-refractivity contribution in [3.05, 3.63) is 18.2 Å². The van der Waals surface area contributed by atoms with Gasteiger partial charge in [-0.2, -0.15) is 0 Å². The largest absolute Gasteiger partial charge is 0.489 e. The van der Waals surface area contributed by atoms with Crippen LogP contribution in [0.3, 0.4) is 0 Å². The second kappa shape index (κ2) is 5.84. The number of rotatable bonds is 5. The van der Waals surface area contributed by atoms with Gasteiger partial charge in [0.2, 0.25) is 0 Å². The molecule has 19 heavy (non-hydrogen) atoms. The van der Waals surface area contributed by atoms with Crippen molar-refractivity contribution in [1.82, 2.24) is 0 Å². The molecule has 5 heteroatoms. The van der Waals surface area contributed by atoms with Crippen molar-refractivity contribution < 1.29 is 9.16 Å². The molecule has 1 aromatic carbocycles. The number of hydrogen-bond donors (Lipinski definition) is 2. The highest BCUT2D eigenvalue weighted by Crippen LogP contribution is 2.36. The average molecular weight is 282 g/mol. The van der Waals surface area contributed by atoms with E-state index in [1.54, 1.807) is 6.07 Å². The lowest BCUT2D eigenvalue weighted by atomic mass is 10.2. The van der Waals surface area contributed by atoms with Gasteiger partial charge >= 0.3 is 0 Å². The van der Waals surface area contributed by atoms with E-state index in [1.807, 2.05) is 12.1 Å². The topological polar surface area (TPSA) is 70.5 Å². The van der Waals surface area contributed by atoms with Crippen LogP contribution in [0.2, 0.25) is 18.1 Å². The summed E-state index contributed by atoms with van der Waals surface area (Å²) in [6.45, 7) is 12.2. The molecular weight excluding hydrogens is 256 g/mol. The quantitative estimate of drug-likeness (QED) is 0.494. The first-order valence-corrected chi connectivity index (χ1v) is 9.47. The minimum absolute atomic E-state index is 0.212. The van der Waals surface area contributed by atoms with Crippen LogP contribution < -0.4 is 16.2 Å². The van der Waals surface area contributed by atoms with Gasteiger partial charge in [0, 0.05) is 0 Å². The van der Waals surface area contributed by atoms with Gasteiger partial charge in [0.05, 0.1) is 18.0 Å². The molecule has 0 unspecified atom stereocenters. The van der Waals surface area contributed by atoms with Crippen LogP contribution >= 0.6 is 0 Å². The van der Waals surface area contributed by atoms with Crippen LogP contribution in [-0.2, 0) is 4.43 Å². The van der Waals surface area contributed by atoms with E-state index in [9.17, 15) is 0 Å². The number of hydrogen-bond acceptors (Lipinski definition) is 4. The Morgan fingerprint density at radius 2 is 1.74 bits per heavy atom. The number of nitrogens with two attached hydrogens (primary N) is 2. The summed E-state index contributed by atoms with van der Waals surface area (Å²) in [6, 6.07) is 5.40. The second-order valence-corrected chi connectivity index (χ2v) is 11.0. The first-order valence-electron chi connectivity index (χ1n) is 6.56. The van der Waals surface area contributed by atoms with E-state index in [2.05, 4.69) is 33.9 Å². The molecule has 0 radical (unpaired) electrons. The maximum absolute atomic E-state index is 6.03. The van der Waals surface area contributed by atoms with Crippen molar-refractivity contribution in [3.8, 4) is 5.75 Å². The Bertz CT molecular complexity index is 428. The molecule has 0 bridgehead atoms. The highest BCUT2D eigenvalue weighted by Gasteiger charge is 2.36. The standard InChI is InChI=1S/C14H26N2O2Si/c1-14(2,3)19(4,5)18-10-9-17-12-8-6-7-11(15)13(12)16/h6-8H,9-10,15-16H2,1-5H3. The maximum atomic E-state index is 6.03. The van der Waals surface area contributed by atoms with Crippen LogP contribution in [-0.4, -0.2) is 21.5 Å². The number of benzene rings is 1. The summed E-state index contributed by atoms with van der Waals surface area (Å²) >= 11 is 0. The molecule has 0 fully saturated rings. The van der Waals surface area contributed by atoms with Gasteiger partial charge in [-0.05, 0) is 30.3 Å². The summed E-state index contributed by atoms with van der Waals surface area (Å²) in [7, 11) is -1.70. The van der Waals surface area contributed by atoms with Crippen LogP contribution in [0.15, 0.2) is 18.2 Å². The lowest BCUT2D eigenvalue weighted by Gasteiger charge is -2.36. The third-order valence-corrected chi connectivity index (χ3v) is 8.25. The van der Waals surface area contributed by atoms with E-state index in [1.165, 1.54) is 0 Å². The van der Waals surface area contributed by atoms with E-state index in [-0.39, 0.29) is 5.04 Å². The maximum Gasteiger partial charge on any atom is 0.192 e. The van der Waals surface area contributed by atoms with Gasteiger partial charge < -0.3 is 20.6 Å². The van der Waals surface area contributed by atoms with Gasteiger partial charge in [-0.3, -0.25) is 0 Å². The fraction of sp³-hybridized carbons (Fsp3) is 0.571. The van der Waals surface area contributed by atoms with Crippen LogP contribution in [0.25, 0.3) is 0 Å². The summed E-state index contributed by atoms with van der Waals surface area (Å²) in [6.07, 6.45) is 0. The van der Waals surface area contributed by atoms with Gasteiger partial charge in [-0.1, -0.05) is 26.8 Å². The molecule has 0 amide bonds. The van der Waals surface area contributed by atoms with E-state index in [4.69, 9.17) is 20.6 Å². The zero-order valence-corrected chi connectivity index (χ0v) is 13.6. The zero-order chi connectivity index (χ0) is 14.7. The Kier molecular flexibility index (Phi) is 4.87. The Hall–Kier alpha value is -1.20. The van der Waals surface area contributed by atoms with E-state index < -0.39 is 8.32 Å². The van der Waals surface area contributed by atoms with Gasteiger partial charge in [-0.15, -0.1) is 0 Å². The zero-order valence-electron chi connectivity index (χ0n) is 12.6. The van der Waals surface area contributed by atoms with E-state index >= 15 is 0 Å². The Morgan fingerprint density at radius 3 is 2.32 bits per heavy atom. The highest BCUT2D eigenvalue weighted by atomic mass is 28.4. The molecule has 1 aromatic rings. The molecule has 0 saturated heterocycles. The van der Waals surface area contributed by atoms with Crippen LogP contribution in [0, 0.1) is 0 Å². The predicted molar refractivity (Wildman–Crippen MR) is 83.9 cm³/mol. The summed E-state index contributed by atoms with van der Waals surface area (Å²) in [5, 5.41) is 0.212. The summed E-state index contributed by atoms with van der Waals surface area (Å²) in [4.78, 5) is 0. The Morgan fingerprint density at radius 1 is 1.11 bits per heavy atom. The number of nitrogen functional groups attached to an aromatic ring is 2. The highest BCUT2D eigenvalue weighted by molar-refractivity contribution is 6.74. The normalized spacial score (nSPS) is 12.5. The van der Waals surface area contributed by atoms with E-state index in [0.717, 1.165) is 0 Å². The third-order valence-electron chi connectivity index (χ3n) is 3.71. The Labute approximate surface area is 117 Å². The minimum atomic E-state index is -1.70. The molecule has 0 aliphatic carbocycles. The lowest BCUT2D eigenvalue weighted by molar-refractivity contribution is 0.204. The fourth-order valence-corrected chi connectivity index (χ4v) is 2.38. The van der Waals surface area contributed by atoms with Crippen LogP contribution in [0.5, 0.6) is 5.75 Å². The predicted octanol–water partition coefficient (Wildman–Crippen LogP) is 3.25. The molecule has 0 aliphatic heterocycles. The first-order chi connectivity index (χ1) is 8.65. The smallest absolute Gasteiger partial charge is 0.192 e. The van der Waals surface area contributed by atoms with Crippen molar-refractivity contribution in [2.45, 2.75) is 38.9 Å². The second-order valence-electron chi connectivity index (χ2n) is 6.22. The van der Waals surface area contributed by atoms with Crippen molar-refractivity contribution in [2.75, 3.05) is 24.7 Å². The monoisotopic (exact) mass is 282 g/mol. The summed E-state index contributed by atoms with van der Waals surface area (Å²) < 4.78 is 11.6. The molecule has 4 nitrogen and oxygen atoms in total. The molecule has 0 spiro atoms. The fourth-order valence-electron chi connectivity index (χ4n) is 1.35. The van der Waals surface area contributed by atoms with Gasteiger partial charge in [0.1, 0.15) is 12.4 Å². The molecule has 0 aromatic heterocycles.